The fourth-order valence-electron chi connectivity index (χ4n) is 2.28. The summed E-state index contributed by atoms with van der Waals surface area (Å²) in [4.78, 5) is 36.9. The number of nitrogens with one attached hydrogen (secondary N) is 1. The third kappa shape index (κ3) is 5.34. The number of carbonyl (C=O) groups excluding carboxylic acids is 3. The Morgan fingerprint density at radius 1 is 1.07 bits per heavy atom. The van der Waals surface area contributed by atoms with E-state index < -0.39 is 18.0 Å². The molecule has 142 valence electrons. The van der Waals surface area contributed by atoms with Gasteiger partial charge in [-0.1, -0.05) is 0 Å². The van der Waals surface area contributed by atoms with Gasteiger partial charge in [-0.15, -0.1) is 11.8 Å². The third-order valence-corrected chi connectivity index (χ3v) is 4.57. The molecule has 27 heavy (non-hydrogen) atoms. The Morgan fingerprint density at radius 3 is 2.30 bits per heavy atom. The molecule has 0 heterocycles. The van der Waals surface area contributed by atoms with Crippen molar-refractivity contribution in [1.82, 2.24) is 0 Å². The number of ether oxygens (including phenoxy) is 2. The van der Waals surface area contributed by atoms with Gasteiger partial charge in [0.05, 0.1) is 7.11 Å². The SMILES string of the molecule is COc1cc(SC)ccc1C(=O)O[C@H](C)C(=O)Nc1ccc(C(C)=O)cc1. The number of hydrogen-bond donors (Lipinski definition) is 1. The Morgan fingerprint density at radius 2 is 1.74 bits per heavy atom. The number of methoxy groups -OCH3 is 1. The molecular weight excluding hydrogens is 366 g/mol. The molecule has 0 fully saturated rings. The summed E-state index contributed by atoms with van der Waals surface area (Å²) in [6, 6.07) is 11.6. The normalized spacial score (nSPS) is 11.4. The molecule has 0 saturated heterocycles. The van der Waals surface area contributed by atoms with Crippen molar-refractivity contribution < 1.29 is 23.9 Å². The van der Waals surface area contributed by atoms with Crippen molar-refractivity contribution in [2.45, 2.75) is 24.8 Å². The maximum absolute atomic E-state index is 12.4. The highest BCUT2D eigenvalue weighted by Crippen LogP contribution is 2.26. The number of anilines is 1. The van der Waals surface area contributed by atoms with Crippen LogP contribution in [0, 0.1) is 0 Å². The van der Waals surface area contributed by atoms with E-state index in [1.165, 1.54) is 32.7 Å². The standard InChI is InChI=1S/C20H21NO5S/c1-12(22)14-5-7-15(8-6-14)21-19(23)13(2)26-20(24)17-10-9-16(27-4)11-18(17)25-3/h5-11,13H,1-4H3,(H,21,23)/t13-/m1/s1. The van der Waals surface area contributed by atoms with Gasteiger partial charge in [0, 0.05) is 16.1 Å². The third-order valence-electron chi connectivity index (χ3n) is 3.84. The van der Waals surface area contributed by atoms with E-state index in [-0.39, 0.29) is 11.3 Å². The van der Waals surface area contributed by atoms with Crippen LogP contribution in [0.5, 0.6) is 5.75 Å². The molecule has 0 unspecified atom stereocenters. The topological polar surface area (TPSA) is 81.7 Å². The highest BCUT2D eigenvalue weighted by molar-refractivity contribution is 7.98. The number of amides is 1. The van der Waals surface area contributed by atoms with Crippen molar-refractivity contribution in [1.29, 1.82) is 0 Å². The van der Waals surface area contributed by atoms with Crippen LogP contribution in [0.25, 0.3) is 0 Å². The van der Waals surface area contributed by atoms with Gasteiger partial charge in [0.25, 0.3) is 5.91 Å². The van der Waals surface area contributed by atoms with E-state index in [9.17, 15) is 14.4 Å². The molecule has 0 aliphatic rings. The first kappa shape index (κ1) is 20.5. The fourth-order valence-corrected chi connectivity index (χ4v) is 2.71. The van der Waals surface area contributed by atoms with Crippen LogP contribution in [0.4, 0.5) is 5.69 Å². The molecule has 7 heteroatoms. The van der Waals surface area contributed by atoms with E-state index in [1.54, 1.807) is 42.5 Å². The van der Waals surface area contributed by atoms with E-state index in [2.05, 4.69) is 5.32 Å². The summed E-state index contributed by atoms with van der Waals surface area (Å²) < 4.78 is 10.5. The maximum atomic E-state index is 12.4. The molecule has 0 spiro atoms. The summed E-state index contributed by atoms with van der Waals surface area (Å²) in [5.74, 6) is -0.788. The molecule has 6 nitrogen and oxygen atoms in total. The largest absolute Gasteiger partial charge is 0.496 e. The number of esters is 1. The van der Waals surface area contributed by atoms with Crippen molar-refractivity contribution in [3.8, 4) is 5.75 Å². The summed E-state index contributed by atoms with van der Waals surface area (Å²) in [5, 5.41) is 2.65. The minimum Gasteiger partial charge on any atom is -0.496 e. The monoisotopic (exact) mass is 387 g/mol. The molecule has 0 aliphatic carbocycles. The first-order valence-electron chi connectivity index (χ1n) is 8.20. The second-order valence-electron chi connectivity index (χ2n) is 5.74. The number of thioether (sulfide) groups is 1. The molecule has 2 aromatic rings. The lowest BCUT2D eigenvalue weighted by molar-refractivity contribution is -0.123. The zero-order valence-corrected chi connectivity index (χ0v) is 16.4. The second kappa shape index (κ2) is 9.23. The number of hydrogen-bond acceptors (Lipinski definition) is 6. The molecule has 0 radical (unpaired) electrons. The second-order valence-corrected chi connectivity index (χ2v) is 6.62. The van der Waals surface area contributed by atoms with Gasteiger partial charge >= 0.3 is 5.97 Å². The Bertz CT molecular complexity index is 848. The van der Waals surface area contributed by atoms with Gasteiger partial charge in [0.15, 0.2) is 11.9 Å². The van der Waals surface area contributed by atoms with Gasteiger partial charge in [-0.25, -0.2) is 4.79 Å². The minimum atomic E-state index is -1.00. The summed E-state index contributed by atoms with van der Waals surface area (Å²) in [6.45, 7) is 2.95. The number of Topliss-reactive ketones (excluding diaryl/α,β-unsaturated/α-hetero) is 1. The summed E-state index contributed by atoms with van der Waals surface area (Å²) in [6.07, 6.45) is 0.914. The van der Waals surface area contributed by atoms with Gasteiger partial charge < -0.3 is 14.8 Å². The average molecular weight is 387 g/mol. The van der Waals surface area contributed by atoms with Gasteiger partial charge in [0.1, 0.15) is 11.3 Å². The first-order chi connectivity index (χ1) is 12.8. The number of benzene rings is 2. The Hall–Kier alpha value is -2.80. The van der Waals surface area contributed by atoms with Crippen molar-refractivity contribution in [3.05, 3.63) is 53.6 Å². The zero-order valence-electron chi connectivity index (χ0n) is 15.6. The lowest BCUT2D eigenvalue weighted by atomic mass is 10.1. The lowest BCUT2D eigenvalue weighted by Gasteiger charge is -2.15. The average Bonchev–Trinajstić information content (AvgIpc) is 2.67. The summed E-state index contributed by atoms with van der Waals surface area (Å²) in [7, 11) is 1.47. The Balaban J connectivity index is 2.03. The molecule has 0 saturated carbocycles. The molecule has 2 rings (SSSR count). The summed E-state index contributed by atoms with van der Waals surface area (Å²) >= 11 is 1.52. The van der Waals surface area contributed by atoms with E-state index >= 15 is 0 Å². The molecule has 2 aromatic carbocycles. The van der Waals surface area contributed by atoms with Crippen molar-refractivity contribution in [2.24, 2.45) is 0 Å². The van der Waals surface area contributed by atoms with Gasteiger partial charge in [-0.3, -0.25) is 9.59 Å². The highest BCUT2D eigenvalue weighted by Gasteiger charge is 2.21. The zero-order chi connectivity index (χ0) is 20.0. The molecule has 1 N–H and O–H groups in total. The van der Waals surface area contributed by atoms with E-state index in [0.717, 1.165) is 4.90 Å². The van der Waals surface area contributed by atoms with Crippen LogP contribution in [0.2, 0.25) is 0 Å². The van der Waals surface area contributed by atoms with E-state index in [4.69, 9.17) is 9.47 Å². The van der Waals surface area contributed by atoms with Gasteiger partial charge in [-0.05, 0) is 62.6 Å². The quantitative estimate of drug-likeness (QED) is 0.442. The Labute approximate surface area is 162 Å². The van der Waals surface area contributed by atoms with Crippen molar-refractivity contribution >= 4 is 35.1 Å². The number of rotatable bonds is 7. The van der Waals surface area contributed by atoms with Crippen LogP contribution in [0.15, 0.2) is 47.4 Å². The maximum Gasteiger partial charge on any atom is 0.342 e. The molecule has 0 bridgehead atoms. The number of ketones is 1. The first-order valence-corrected chi connectivity index (χ1v) is 9.43. The van der Waals surface area contributed by atoms with Crippen molar-refractivity contribution in [3.63, 3.8) is 0 Å². The van der Waals surface area contributed by atoms with E-state index in [1.807, 2.05) is 6.26 Å². The van der Waals surface area contributed by atoms with Crippen LogP contribution in [0.3, 0.4) is 0 Å². The van der Waals surface area contributed by atoms with Crippen molar-refractivity contribution in [2.75, 3.05) is 18.7 Å². The molecular formula is C20H21NO5S. The molecule has 1 amide bonds. The van der Waals surface area contributed by atoms with Gasteiger partial charge in [0.2, 0.25) is 0 Å². The van der Waals surface area contributed by atoms with Crippen LogP contribution >= 0.6 is 11.8 Å². The van der Waals surface area contributed by atoms with Gasteiger partial charge in [-0.2, -0.15) is 0 Å². The van der Waals surface area contributed by atoms with Crippen LogP contribution in [0.1, 0.15) is 34.6 Å². The minimum absolute atomic E-state index is 0.0587. The van der Waals surface area contributed by atoms with Crippen LogP contribution < -0.4 is 10.1 Å². The lowest BCUT2D eigenvalue weighted by Crippen LogP contribution is -2.30. The molecule has 0 aliphatic heterocycles. The van der Waals surface area contributed by atoms with E-state index in [0.29, 0.717) is 17.0 Å². The predicted molar refractivity (Wildman–Crippen MR) is 105 cm³/mol. The molecule has 0 aromatic heterocycles. The smallest absolute Gasteiger partial charge is 0.342 e. The summed E-state index contributed by atoms with van der Waals surface area (Å²) in [5.41, 5.74) is 1.31. The van der Waals surface area contributed by atoms with Crippen LogP contribution in [-0.2, 0) is 9.53 Å². The van der Waals surface area contributed by atoms with Crippen LogP contribution in [-0.4, -0.2) is 37.1 Å². The highest BCUT2D eigenvalue weighted by atomic mass is 32.2. The number of carbonyl (C=O) groups is 3. The molecule has 1 atom stereocenters. The predicted octanol–water partition coefficient (Wildman–Crippen LogP) is 3.80. The Kier molecular flexibility index (Phi) is 7.01. The fraction of sp³-hybridized carbons (Fsp3) is 0.250.